The van der Waals surface area contributed by atoms with Gasteiger partial charge in [-0.3, -0.25) is 4.79 Å². The third-order valence-electron chi connectivity index (χ3n) is 4.06. The summed E-state index contributed by atoms with van der Waals surface area (Å²) in [5, 5.41) is 22.5. The van der Waals surface area contributed by atoms with Crippen molar-refractivity contribution in [2.45, 2.75) is 32.6 Å². The smallest absolute Gasteiger partial charge is 0.249 e. The van der Waals surface area contributed by atoms with E-state index in [0.717, 1.165) is 5.56 Å². The third-order valence-corrected chi connectivity index (χ3v) is 4.06. The largest absolute Gasteiger partial charge is 0.272 e. The van der Waals surface area contributed by atoms with Crippen LogP contribution < -0.4 is 5.43 Å². The lowest BCUT2D eigenvalue weighted by Gasteiger charge is -2.23. The maximum Gasteiger partial charge on any atom is 0.249 e. The highest BCUT2D eigenvalue weighted by atomic mass is 16.2. The number of nitrogens with zero attached hydrogens (tertiary/aromatic N) is 3. The predicted octanol–water partition coefficient (Wildman–Crippen LogP) is 2.68. The summed E-state index contributed by atoms with van der Waals surface area (Å²) < 4.78 is 0. The number of carbonyl (C=O) groups is 1. The number of carbonyl (C=O) groups excluding carboxylic acids is 1. The van der Waals surface area contributed by atoms with Crippen molar-refractivity contribution in [3.63, 3.8) is 0 Å². The lowest BCUT2D eigenvalue weighted by Crippen LogP contribution is -2.32. The molecule has 1 heterocycles. The van der Waals surface area contributed by atoms with E-state index < -0.39 is 17.8 Å². The lowest BCUT2D eigenvalue weighted by atomic mass is 9.75. The quantitative estimate of drug-likeness (QED) is 0.925. The minimum atomic E-state index is -0.899. The van der Waals surface area contributed by atoms with Crippen molar-refractivity contribution in [3.05, 3.63) is 35.4 Å². The molecule has 1 aliphatic heterocycles. The van der Waals surface area contributed by atoms with E-state index in [4.69, 9.17) is 0 Å². The number of hydrogen-bond acceptors (Lipinski definition) is 4. The number of amides is 1. The summed E-state index contributed by atoms with van der Waals surface area (Å²) in [7, 11) is 0. The van der Waals surface area contributed by atoms with Crippen molar-refractivity contribution >= 4 is 11.6 Å². The molecule has 2 rings (SSSR count). The molecule has 2 atom stereocenters. The second-order valence-corrected chi connectivity index (χ2v) is 5.79. The van der Waals surface area contributed by atoms with Crippen molar-refractivity contribution < 1.29 is 4.79 Å². The molecule has 112 valence electrons. The Morgan fingerprint density at radius 3 is 2.09 bits per heavy atom. The molecule has 1 N–H and O–H groups in total. The monoisotopic (exact) mass is 294 g/mol. The average molecular weight is 294 g/mol. The summed E-state index contributed by atoms with van der Waals surface area (Å²) in [4.78, 5) is 12.1. The zero-order valence-corrected chi connectivity index (χ0v) is 12.9. The van der Waals surface area contributed by atoms with Gasteiger partial charge in [0, 0.05) is 11.6 Å². The van der Waals surface area contributed by atoms with Gasteiger partial charge in [0.25, 0.3) is 0 Å². The first kappa shape index (κ1) is 15.7. The van der Waals surface area contributed by atoms with Crippen LogP contribution in [-0.2, 0) is 4.79 Å². The van der Waals surface area contributed by atoms with Gasteiger partial charge < -0.3 is 0 Å². The first-order valence-corrected chi connectivity index (χ1v) is 7.22. The first-order chi connectivity index (χ1) is 10.5. The van der Waals surface area contributed by atoms with Crippen LogP contribution in [0.5, 0.6) is 0 Å². The number of hydrazone groups is 1. The Kier molecular flexibility index (Phi) is 4.58. The Morgan fingerprint density at radius 1 is 1.14 bits per heavy atom. The van der Waals surface area contributed by atoms with Crippen molar-refractivity contribution in [1.29, 1.82) is 10.5 Å². The molecular weight excluding hydrogens is 276 g/mol. The highest BCUT2D eigenvalue weighted by Crippen LogP contribution is 2.35. The maximum atomic E-state index is 12.1. The highest BCUT2D eigenvalue weighted by molar-refractivity contribution is 6.07. The van der Waals surface area contributed by atoms with Gasteiger partial charge in [0.2, 0.25) is 5.91 Å². The summed E-state index contributed by atoms with van der Waals surface area (Å²) in [5.41, 5.74) is 5.03. The molecule has 22 heavy (non-hydrogen) atoms. The molecule has 0 unspecified atom stereocenters. The van der Waals surface area contributed by atoms with Crippen LogP contribution in [0.1, 0.15) is 43.7 Å². The van der Waals surface area contributed by atoms with Gasteiger partial charge in [-0.15, -0.1) is 0 Å². The van der Waals surface area contributed by atoms with Crippen LogP contribution >= 0.6 is 0 Å². The minimum Gasteiger partial charge on any atom is -0.272 e. The number of benzene rings is 1. The zero-order valence-electron chi connectivity index (χ0n) is 12.9. The molecule has 0 saturated carbocycles. The molecule has 1 aromatic carbocycles. The fourth-order valence-corrected chi connectivity index (χ4v) is 2.76. The van der Waals surface area contributed by atoms with Crippen molar-refractivity contribution in [2.24, 2.45) is 16.9 Å². The normalized spacial score (nSPS) is 18.6. The fourth-order valence-electron chi connectivity index (χ4n) is 2.76. The second-order valence-electron chi connectivity index (χ2n) is 5.79. The van der Waals surface area contributed by atoms with Crippen LogP contribution in [0, 0.1) is 34.5 Å². The molecule has 1 aromatic rings. The van der Waals surface area contributed by atoms with Crippen LogP contribution in [-0.4, -0.2) is 11.6 Å². The van der Waals surface area contributed by atoms with E-state index in [0.29, 0.717) is 11.6 Å². The summed E-state index contributed by atoms with van der Waals surface area (Å²) in [6, 6.07) is 11.8. The van der Waals surface area contributed by atoms with Crippen LogP contribution in [0.15, 0.2) is 29.4 Å². The number of hydrogen-bond donors (Lipinski definition) is 1. The van der Waals surface area contributed by atoms with Gasteiger partial charge in [-0.1, -0.05) is 38.1 Å². The first-order valence-electron chi connectivity index (χ1n) is 7.22. The molecule has 0 aromatic heterocycles. The van der Waals surface area contributed by atoms with Crippen LogP contribution in [0.4, 0.5) is 0 Å². The molecule has 0 bridgehead atoms. The Hall–Kier alpha value is -2.66. The molecular formula is C17H18N4O. The van der Waals surface area contributed by atoms with Gasteiger partial charge in [0.15, 0.2) is 0 Å². The van der Waals surface area contributed by atoms with Crippen molar-refractivity contribution in [1.82, 2.24) is 5.43 Å². The Morgan fingerprint density at radius 2 is 1.68 bits per heavy atom. The van der Waals surface area contributed by atoms with Gasteiger partial charge in [-0.25, -0.2) is 5.43 Å². The molecule has 1 amide bonds. The van der Waals surface area contributed by atoms with E-state index in [1.165, 1.54) is 5.56 Å². The number of nitriles is 2. The van der Waals surface area contributed by atoms with Gasteiger partial charge >= 0.3 is 0 Å². The van der Waals surface area contributed by atoms with E-state index in [2.05, 4.69) is 24.4 Å². The van der Waals surface area contributed by atoms with Gasteiger partial charge in [0.05, 0.1) is 18.1 Å². The van der Waals surface area contributed by atoms with Crippen LogP contribution in [0.25, 0.3) is 0 Å². The summed E-state index contributed by atoms with van der Waals surface area (Å²) >= 11 is 0. The molecule has 0 radical (unpaired) electrons. The average Bonchev–Trinajstić information content (AvgIpc) is 2.84. The lowest BCUT2D eigenvalue weighted by molar-refractivity contribution is -0.122. The fraction of sp³-hybridized carbons (Fsp3) is 0.412. The Bertz CT molecular complexity index is 662. The SMILES string of the molecule is CC1=NNC(=O)[C@@H]1[C@@H](c1ccc(C(C)C)cc1)C(C#N)C#N. The molecule has 5 heteroatoms. The summed E-state index contributed by atoms with van der Waals surface area (Å²) in [6.07, 6.45) is 0. The van der Waals surface area contributed by atoms with Gasteiger partial charge in [-0.05, 0) is 24.0 Å². The van der Waals surface area contributed by atoms with E-state index in [9.17, 15) is 15.3 Å². The van der Waals surface area contributed by atoms with Crippen LogP contribution in [0.3, 0.4) is 0 Å². The summed E-state index contributed by atoms with van der Waals surface area (Å²) in [6.45, 7) is 5.94. The topological polar surface area (TPSA) is 89.0 Å². The number of nitrogens with one attached hydrogen (secondary N) is 1. The van der Waals surface area contributed by atoms with Gasteiger partial charge in [0.1, 0.15) is 5.92 Å². The molecule has 0 spiro atoms. The maximum absolute atomic E-state index is 12.1. The number of rotatable bonds is 4. The minimum absolute atomic E-state index is 0.258. The Balaban J connectivity index is 2.46. The zero-order chi connectivity index (χ0) is 16.3. The molecule has 0 fully saturated rings. The van der Waals surface area contributed by atoms with Crippen molar-refractivity contribution in [2.75, 3.05) is 0 Å². The second kappa shape index (κ2) is 6.41. The van der Waals surface area contributed by atoms with Crippen LogP contribution in [0.2, 0.25) is 0 Å². The molecule has 1 aliphatic rings. The Labute approximate surface area is 130 Å². The summed E-state index contributed by atoms with van der Waals surface area (Å²) in [5.74, 6) is -1.85. The molecule has 5 nitrogen and oxygen atoms in total. The standard InChI is InChI=1S/C17H18N4O/c1-10(2)12-4-6-13(7-5-12)16(14(8-18)9-19)15-11(3)20-21-17(15)22/h4-7,10,14-16H,1-3H3,(H,21,22)/t15-,16-/m0/s1. The van der Waals surface area contributed by atoms with Gasteiger partial charge in [-0.2, -0.15) is 15.6 Å². The van der Waals surface area contributed by atoms with Crippen molar-refractivity contribution in [3.8, 4) is 12.1 Å². The highest BCUT2D eigenvalue weighted by Gasteiger charge is 2.40. The van der Waals surface area contributed by atoms with E-state index in [1.54, 1.807) is 6.92 Å². The van der Waals surface area contributed by atoms with E-state index in [1.807, 2.05) is 36.4 Å². The van der Waals surface area contributed by atoms with E-state index >= 15 is 0 Å². The van der Waals surface area contributed by atoms with E-state index in [-0.39, 0.29) is 5.91 Å². The molecule has 0 aliphatic carbocycles. The molecule has 0 saturated heterocycles. The third kappa shape index (κ3) is 2.84. The predicted molar refractivity (Wildman–Crippen MR) is 82.7 cm³/mol.